The third-order valence-electron chi connectivity index (χ3n) is 6.73. The molecule has 8 nitrogen and oxygen atoms in total. The minimum Gasteiger partial charge on any atom is -0.379 e. The molecule has 8 heteroatoms. The summed E-state index contributed by atoms with van der Waals surface area (Å²) in [7, 11) is 0. The maximum atomic E-state index is 13.1. The summed E-state index contributed by atoms with van der Waals surface area (Å²) in [6, 6.07) is 9.75. The summed E-state index contributed by atoms with van der Waals surface area (Å²) in [6.45, 7) is 6.92. The van der Waals surface area contributed by atoms with E-state index in [4.69, 9.17) is 4.74 Å². The molecule has 4 rings (SSSR count). The number of piperazine rings is 1. The number of benzene rings is 1. The van der Waals surface area contributed by atoms with Gasteiger partial charge in [0.1, 0.15) is 0 Å². The number of piperidine rings is 1. The first-order chi connectivity index (χ1) is 15.6. The summed E-state index contributed by atoms with van der Waals surface area (Å²) in [5.41, 5.74) is 1.00. The summed E-state index contributed by atoms with van der Waals surface area (Å²) in [4.78, 5) is 46.2. The predicted molar refractivity (Wildman–Crippen MR) is 120 cm³/mol. The largest absolute Gasteiger partial charge is 0.379 e. The molecule has 3 fully saturated rings. The predicted octanol–water partition coefficient (Wildman–Crippen LogP) is 0.471. The Kier molecular flexibility index (Phi) is 7.76. The third kappa shape index (κ3) is 5.86. The number of carbonyl (C=O) groups is 3. The van der Waals surface area contributed by atoms with E-state index < -0.39 is 0 Å². The topological polar surface area (TPSA) is 73.4 Å². The molecule has 3 amide bonds. The summed E-state index contributed by atoms with van der Waals surface area (Å²) >= 11 is 0. The number of amides is 3. The lowest BCUT2D eigenvalue weighted by molar-refractivity contribution is -0.145. The summed E-state index contributed by atoms with van der Waals surface area (Å²) in [6.07, 6.45) is 2.06. The Balaban J connectivity index is 1.23. The number of hydrogen-bond donors (Lipinski definition) is 0. The molecule has 3 heterocycles. The standard InChI is InChI=1S/C24H34N4O4/c29-22(17-20-5-2-1-3-6-20)28-8-4-7-21(18-28)24(31)27-11-9-26(10-12-27)23(30)19-25-13-15-32-16-14-25/h1-3,5-6,21H,4,7-19H2. The van der Waals surface area contributed by atoms with Crippen molar-refractivity contribution in [2.45, 2.75) is 19.3 Å². The summed E-state index contributed by atoms with van der Waals surface area (Å²) in [5, 5.41) is 0. The van der Waals surface area contributed by atoms with Crippen molar-refractivity contribution in [2.75, 3.05) is 72.1 Å². The molecule has 174 valence electrons. The second-order valence-electron chi connectivity index (χ2n) is 8.94. The molecule has 3 saturated heterocycles. The number of carbonyl (C=O) groups excluding carboxylic acids is 3. The van der Waals surface area contributed by atoms with Gasteiger partial charge in [-0.3, -0.25) is 19.3 Å². The van der Waals surface area contributed by atoms with Crippen LogP contribution in [0, 0.1) is 5.92 Å². The molecule has 1 aromatic carbocycles. The van der Waals surface area contributed by atoms with Crippen LogP contribution < -0.4 is 0 Å². The van der Waals surface area contributed by atoms with Gasteiger partial charge in [-0.05, 0) is 18.4 Å². The number of morpholine rings is 1. The van der Waals surface area contributed by atoms with Crippen LogP contribution >= 0.6 is 0 Å². The number of likely N-dealkylation sites (tertiary alicyclic amines) is 1. The Labute approximate surface area is 190 Å². The van der Waals surface area contributed by atoms with Crippen LogP contribution in [0.5, 0.6) is 0 Å². The van der Waals surface area contributed by atoms with E-state index in [2.05, 4.69) is 4.90 Å². The number of hydrogen-bond acceptors (Lipinski definition) is 5. The van der Waals surface area contributed by atoms with Crippen LogP contribution in [-0.4, -0.2) is 109 Å². The van der Waals surface area contributed by atoms with Crippen LogP contribution in [0.2, 0.25) is 0 Å². The molecule has 0 bridgehead atoms. The highest BCUT2D eigenvalue weighted by atomic mass is 16.5. The van der Waals surface area contributed by atoms with Crippen molar-refractivity contribution in [2.24, 2.45) is 5.92 Å². The first-order valence-corrected chi connectivity index (χ1v) is 11.8. The van der Waals surface area contributed by atoms with Crippen LogP contribution in [0.3, 0.4) is 0 Å². The summed E-state index contributed by atoms with van der Waals surface area (Å²) < 4.78 is 5.34. The van der Waals surface area contributed by atoms with Crippen LogP contribution in [0.4, 0.5) is 0 Å². The van der Waals surface area contributed by atoms with Crippen molar-refractivity contribution >= 4 is 17.7 Å². The van der Waals surface area contributed by atoms with Gasteiger partial charge in [-0.25, -0.2) is 0 Å². The molecule has 1 atom stereocenters. The molecular formula is C24H34N4O4. The van der Waals surface area contributed by atoms with E-state index in [0.29, 0.717) is 58.9 Å². The average molecular weight is 443 g/mol. The van der Waals surface area contributed by atoms with Gasteiger partial charge in [-0.15, -0.1) is 0 Å². The molecule has 3 aliphatic rings. The molecule has 3 aliphatic heterocycles. The maximum absolute atomic E-state index is 13.1. The monoisotopic (exact) mass is 442 g/mol. The third-order valence-corrected chi connectivity index (χ3v) is 6.73. The zero-order chi connectivity index (χ0) is 22.3. The van der Waals surface area contributed by atoms with Crippen LogP contribution in [0.1, 0.15) is 18.4 Å². The van der Waals surface area contributed by atoms with E-state index >= 15 is 0 Å². The zero-order valence-corrected chi connectivity index (χ0v) is 18.8. The lowest BCUT2D eigenvalue weighted by Gasteiger charge is -2.39. The van der Waals surface area contributed by atoms with Gasteiger partial charge in [0.15, 0.2) is 0 Å². The quantitative estimate of drug-likeness (QED) is 0.663. The van der Waals surface area contributed by atoms with Crippen molar-refractivity contribution in [1.82, 2.24) is 19.6 Å². The molecule has 0 saturated carbocycles. The molecule has 32 heavy (non-hydrogen) atoms. The van der Waals surface area contributed by atoms with Crippen molar-refractivity contribution in [3.8, 4) is 0 Å². The van der Waals surface area contributed by atoms with E-state index in [-0.39, 0.29) is 23.6 Å². The van der Waals surface area contributed by atoms with E-state index in [9.17, 15) is 14.4 Å². The first-order valence-electron chi connectivity index (χ1n) is 11.8. The molecule has 0 radical (unpaired) electrons. The fourth-order valence-corrected chi connectivity index (χ4v) is 4.77. The van der Waals surface area contributed by atoms with Crippen molar-refractivity contribution < 1.29 is 19.1 Å². The molecule has 1 unspecified atom stereocenters. The van der Waals surface area contributed by atoms with Gasteiger partial charge in [-0.2, -0.15) is 0 Å². The van der Waals surface area contributed by atoms with Crippen molar-refractivity contribution in [1.29, 1.82) is 0 Å². The van der Waals surface area contributed by atoms with Gasteiger partial charge < -0.3 is 19.4 Å². The van der Waals surface area contributed by atoms with E-state index in [1.807, 2.05) is 45.0 Å². The molecule has 0 aromatic heterocycles. The number of ether oxygens (including phenoxy) is 1. The van der Waals surface area contributed by atoms with E-state index in [1.54, 1.807) is 0 Å². The van der Waals surface area contributed by atoms with Crippen molar-refractivity contribution in [3.05, 3.63) is 35.9 Å². The number of nitrogens with zero attached hydrogens (tertiary/aromatic N) is 4. The minimum absolute atomic E-state index is 0.0900. The minimum atomic E-state index is -0.140. The fourth-order valence-electron chi connectivity index (χ4n) is 4.77. The molecule has 1 aromatic rings. The Hall–Kier alpha value is -2.45. The van der Waals surface area contributed by atoms with Gasteiger partial charge in [0.05, 0.1) is 32.1 Å². The normalized spacial score (nSPS) is 22.6. The fraction of sp³-hybridized carbons (Fsp3) is 0.625. The smallest absolute Gasteiger partial charge is 0.236 e. The van der Waals surface area contributed by atoms with Gasteiger partial charge in [0.25, 0.3) is 0 Å². The molecular weight excluding hydrogens is 408 g/mol. The highest BCUT2D eigenvalue weighted by molar-refractivity contribution is 5.83. The Bertz CT molecular complexity index is 788. The van der Waals surface area contributed by atoms with E-state index in [0.717, 1.165) is 38.0 Å². The van der Waals surface area contributed by atoms with Gasteiger partial charge in [-0.1, -0.05) is 30.3 Å². The van der Waals surface area contributed by atoms with Crippen LogP contribution in [0.15, 0.2) is 30.3 Å². The average Bonchev–Trinajstić information content (AvgIpc) is 2.85. The Morgan fingerprint density at radius 3 is 2.22 bits per heavy atom. The Morgan fingerprint density at radius 1 is 0.812 bits per heavy atom. The maximum Gasteiger partial charge on any atom is 0.236 e. The summed E-state index contributed by atoms with van der Waals surface area (Å²) in [5.74, 6) is 0.211. The molecule has 0 N–H and O–H groups in total. The zero-order valence-electron chi connectivity index (χ0n) is 18.8. The molecule has 0 spiro atoms. The second-order valence-corrected chi connectivity index (χ2v) is 8.94. The lowest BCUT2D eigenvalue weighted by atomic mass is 9.95. The second kappa shape index (κ2) is 10.9. The highest BCUT2D eigenvalue weighted by Gasteiger charge is 2.33. The van der Waals surface area contributed by atoms with Crippen molar-refractivity contribution in [3.63, 3.8) is 0 Å². The SMILES string of the molecule is O=C(CN1CCOCC1)N1CCN(C(=O)C2CCCN(C(=O)Cc3ccccc3)C2)CC1. The number of rotatable bonds is 5. The van der Waals surface area contributed by atoms with Crippen LogP contribution in [-0.2, 0) is 25.5 Å². The highest BCUT2D eigenvalue weighted by Crippen LogP contribution is 2.21. The van der Waals surface area contributed by atoms with E-state index in [1.165, 1.54) is 0 Å². The van der Waals surface area contributed by atoms with Gasteiger partial charge >= 0.3 is 0 Å². The Morgan fingerprint density at radius 2 is 1.50 bits per heavy atom. The lowest BCUT2D eigenvalue weighted by Crippen LogP contribution is -2.55. The van der Waals surface area contributed by atoms with Gasteiger partial charge in [0.2, 0.25) is 17.7 Å². The first kappa shape index (κ1) is 22.7. The van der Waals surface area contributed by atoms with Gasteiger partial charge in [0, 0.05) is 52.4 Å². The molecule has 0 aliphatic carbocycles. The van der Waals surface area contributed by atoms with Crippen LogP contribution in [0.25, 0.3) is 0 Å².